The fourth-order valence-electron chi connectivity index (χ4n) is 3.30. The summed E-state index contributed by atoms with van der Waals surface area (Å²) in [6, 6.07) is 5.50. The molecule has 2 fully saturated rings. The summed E-state index contributed by atoms with van der Waals surface area (Å²) in [5, 5.41) is 5.80. The van der Waals surface area contributed by atoms with Crippen molar-refractivity contribution in [3.8, 4) is 0 Å². The number of carbonyl (C=O) groups excluding carboxylic acids is 3. The topological polar surface area (TPSA) is 78.5 Å². The summed E-state index contributed by atoms with van der Waals surface area (Å²) in [7, 11) is 0. The van der Waals surface area contributed by atoms with Gasteiger partial charge in [-0.2, -0.15) is 0 Å². The van der Waals surface area contributed by atoms with E-state index in [0.717, 1.165) is 37.8 Å². The first kappa shape index (κ1) is 18.4. The standard InChI is InChI=1S/C20H27N3O3/c1-3-18(24)21-16-9-6-13(2)17(11-16)22-19(25)15-5-4-10-23(12-15)20(26)14-7-8-14/h6,9,11,14-15H,3-5,7-8,10,12H2,1-2H3,(H,21,24)(H,22,25). The predicted molar refractivity (Wildman–Crippen MR) is 101 cm³/mol. The van der Waals surface area contributed by atoms with E-state index in [4.69, 9.17) is 0 Å². The van der Waals surface area contributed by atoms with Crippen LogP contribution in [0.25, 0.3) is 0 Å². The van der Waals surface area contributed by atoms with Crippen molar-refractivity contribution in [2.75, 3.05) is 23.7 Å². The lowest BCUT2D eigenvalue weighted by molar-refractivity contribution is -0.135. The molecular formula is C20H27N3O3. The minimum atomic E-state index is -0.181. The van der Waals surface area contributed by atoms with Crippen LogP contribution < -0.4 is 10.6 Å². The second-order valence-corrected chi connectivity index (χ2v) is 7.32. The van der Waals surface area contributed by atoms with E-state index in [-0.39, 0.29) is 29.6 Å². The molecule has 6 nitrogen and oxygen atoms in total. The van der Waals surface area contributed by atoms with Crippen LogP contribution in [0.5, 0.6) is 0 Å². The van der Waals surface area contributed by atoms with Crippen molar-refractivity contribution in [3.63, 3.8) is 0 Å². The van der Waals surface area contributed by atoms with Crippen LogP contribution in [0.4, 0.5) is 11.4 Å². The first-order chi connectivity index (χ1) is 12.5. The zero-order valence-electron chi connectivity index (χ0n) is 15.5. The summed E-state index contributed by atoms with van der Waals surface area (Å²) >= 11 is 0. The lowest BCUT2D eigenvalue weighted by atomic mass is 9.96. The van der Waals surface area contributed by atoms with Crippen LogP contribution in [0.2, 0.25) is 0 Å². The maximum atomic E-state index is 12.7. The molecular weight excluding hydrogens is 330 g/mol. The Hall–Kier alpha value is -2.37. The first-order valence-corrected chi connectivity index (χ1v) is 9.48. The molecule has 1 aromatic rings. The van der Waals surface area contributed by atoms with Crippen molar-refractivity contribution in [3.05, 3.63) is 23.8 Å². The lowest BCUT2D eigenvalue weighted by Gasteiger charge is -2.32. The van der Waals surface area contributed by atoms with Gasteiger partial charge in [0.05, 0.1) is 5.92 Å². The van der Waals surface area contributed by atoms with E-state index in [1.54, 1.807) is 13.0 Å². The van der Waals surface area contributed by atoms with Crippen LogP contribution in [0, 0.1) is 18.8 Å². The summed E-state index contributed by atoms with van der Waals surface area (Å²) in [5.41, 5.74) is 2.32. The summed E-state index contributed by atoms with van der Waals surface area (Å²) < 4.78 is 0. The van der Waals surface area contributed by atoms with Crippen molar-refractivity contribution >= 4 is 29.1 Å². The molecule has 1 aliphatic heterocycles. The molecule has 26 heavy (non-hydrogen) atoms. The Bertz CT molecular complexity index is 712. The lowest BCUT2D eigenvalue weighted by Crippen LogP contribution is -2.44. The molecule has 1 atom stereocenters. The molecule has 0 bridgehead atoms. The Balaban J connectivity index is 1.64. The van der Waals surface area contributed by atoms with Gasteiger partial charge in [0.2, 0.25) is 17.7 Å². The van der Waals surface area contributed by atoms with E-state index >= 15 is 0 Å². The number of hydrogen-bond donors (Lipinski definition) is 2. The van der Waals surface area contributed by atoms with Gasteiger partial charge < -0.3 is 15.5 Å². The van der Waals surface area contributed by atoms with Crippen molar-refractivity contribution in [2.45, 2.75) is 46.0 Å². The number of carbonyl (C=O) groups is 3. The van der Waals surface area contributed by atoms with Crippen LogP contribution in [0.1, 0.15) is 44.6 Å². The van der Waals surface area contributed by atoms with Crippen molar-refractivity contribution in [2.24, 2.45) is 11.8 Å². The number of rotatable bonds is 5. The number of benzene rings is 1. The summed E-state index contributed by atoms with van der Waals surface area (Å²) in [4.78, 5) is 38.4. The van der Waals surface area contributed by atoms with Crippen LogP contribution in [-0.2, 0) is 14.4 Å². The highest BCUT2D eigenvalue weighted by atomic mass is 16.2. The van der Waals surface area contributed by atoms with Gasteiger partial charge >= 0.3 is 0 Å². The van der Waals surface area contributed by atoms with Crippen molar-refractivity contribution in [1.29, 1.82) is 0 Å². The maximum absolute atomic E-state index is 12.7. The number of aryl methyl sites for hydroxylation is 1. The fourth-order valence-corrected chi connectivity index (χ4v) is 3.30. The monoisotopic (exact) mass is 357 g/mol. The molecule has 1 aliphatic carbocycles. The largest absolute Gasteiger partial charge is 0.342 e. The van der Waals surface area contributed by atoms with Crippen LogP contribution in [-0.4, -0.2) is 35.7 Å². The zero-order chi connectivity index (χ0) is 18.7. The molecule has 1 saturated heterocycles. The van der Waals surface area contributed by atoms with Gasteiger partial charge in [0.1, 0.15) is 0 Å². The molecule has 1 heterocycles. The quantitative estimate of drug-likeness (QED) is 0.850. The number of piperidine rings is 1. The molecule has 3 rings (SSSR count). The summed E-state index contributed by atoms with van der Waals surface area (Å²) in [6.07, 6.45) is 4.04. The van der Waals surface area contributed by atoms with Gasteiger partial charge in [-0.1, -0.05) is 13.0 Å². The van der Waals surface area contributed by atoms with Crippen LogP contribution >= 0.6 is 0 Å². The minimum absolute atomic E-state index is 0.0552. The van der Waals surface area contributed by atoms with E-state index in [2.05, 4.69) is 10.6 Å². The molecule has 0 radical (unpaired) electrons. The number of hydrogen-bond acceptors (Lipinski definition) is 3. The predicted octanol–water partition coefficient (Wildman–Crippen LogP) is 2.93. The van der Waals surface area contributed by atoms with Gasteiger partial charge in [-0.25, -0.2) is 0 Å². The molecule has 3 amide bonds. The Morgan fingerprint density at radius 3 is 2.58 bits per heavy atom. The molecule has 140 valence electrons. The third-order valence-electron chi connectivity index (χ3n) is 5.13. The van der Waals surface area contributed by atoms with Gasteiger partial charge in [-0.3, -0.25) is 14.4 Å². The van der Waals surface area contributed by atoms with Gasteiger partial charge in [-0.05, 0) is 50.3 Å². The van der Waals surface area contributed by atoms with Gasteiger partial charge in [0.25, 0.3) is 0 Å². The number of amides is 3. The summed E-state index contributed by atoms with van der Waals surface area (Å²) in [6.45, 7) is 4.98. The fraction of sp³-hybridized carbons (Fsp3) is 0.550. The number of anilines is 2. The van der Waals surface area contributed by atoms with E-state index < -0.39 is 0 Å². The van der Waals surface area contributed by atoms with Gasteiger partial charge in [0.15, 0.2) is 0 Å². The van der Waals surface area contributed by atoms with Crippen molar-refractivity contribution < 1.29 is 14.4 Å². The average molecular weight is 357 g/mol. The minimum Gasteiger partial charge on any atom is -0.342 e. The Morgan fingerprint density at radius 2 is 1.88 bits per heavy atom. The second-order valence-electron chi connectivity index (χ2n) is 7.32. The molecule has 0 aromatic heterocycles. The molecule has 1 unspecified atom stereocenters. The molecule has 1 saturated carbocycles. The van der Waals surface area contributed by atoms with Crippen LogP contribution in [0.3, 0.4) is 0 Å². The second kappa shape index (κ2) is 7.89. The smallest absolute Gasteiger partial charge is 0.229 e. The first-order valence-electron chi connectivity index (χ1n) is 9.48. The Morgan fingerprint density at radius 1 is 1.12 bits per heavy atom. The number of nitrogens with one attached hydrogen (secondary N) is 2. The molecule has 1 aromatic carbocycles. The molecule has 6 heteroatoms. The Kier molecular flexibility index (Phi) is 5.59. The highest BCUT2D eigenvalue weighted by Crippen LogP contribution is 2.32. The van der Waals surface area contributed by atoms with E-state index in [1.807, 2.05) is 24.0 Å². The highest BCUT2D eigenvalue weighted by Gasteiger charge is 2.36. The molecule has 2 aliphatic rings. The summed E-state index contributed by atoms with van der Waals surface area (Å²) in [5.74, 6) is 0.105. The number of nitrogens with zero attached hydrogens (tertiary/aromatic N) is 1. The third kappa shape index (κ3) is 4.42. The van der Waals surface area contributed by atoms with E-state index in [0.29, 0.717) is 24.3 Å². The zero-order valence-corrected chi connectivity index (χ0v) is 15.5. The maximum Gasteiger partial charge on any atom is 0.229 e. The third-order valence-corrected chi connectivity index (χ3v) is 5.13. The SMILES string of the molecule is CCC(=O)Nc1ccc(C)c(NC(=O)C2CCCN(C(=O)C3CC3)C2)c1. The normalized spacial score (nSPS) is 19.8. The highest BCUT2D eigenvalue weighted by molar-refractivity contribution is 5.96. The molecule has 2 N–H and O–H groups in total. The van der Waals surface area contributed by atoms with Crippen LogP contribution in [0.15, 0.2) is 18.2 Å². The van der Waals surface area contributed by atoms with Gasteiger partial charge in [-0.15, -0.1) is 0 Å². The van der Waals surface area contributed by atoms with E-state index in [9.17, 15) is 14.4 Å². The van der Waals surface area contributed by atoms with Crippen molar-refractivity contribution in [1.82, 2.24) is 4.90 Å². The average Bonchev–Trinajstić information content (AvgIpc) is 3.49. The van der Waals surface area contributed by atoms with E-state index in [1.165, 1.54) is 0 Å². The molecule has 0 spiro atoms. The Labute approximate surface area is 154 Å². The van der Waals surface area contributed by atoms with Gasteiger partial charge in [0, 0.05) is 36.8 Å². The number of likely N-dealkylation sites (tertiary alicyclic amines) is 1.